The number of hydrogen-bond acceptors (Lipinski definition) is 7. The third-order valence-electron chi connectivity index (χ3n) is 3.74. The van der Waals surface area contributed by atoms with Crippen LogP contribution in [0.1, 0.15) is 11.1 Å². The molecule has 0 atom stereocenters. The molecule has 0 aliphatic rings. The molecule has 146 valence electrons. The molecule has 0 spiro atoms. The second-order valence-corrected chi connectivity index (χ2v) is 7.90. The van der Waals surface area contributed by atoms with Crippen LogP contribution in [0.3, 0.4) is 0 Å². The van der Waals surface area contributed by atoms with Crippen LogP contribution >= 0.6 is 23.1 Å². The van der Waals surface area contributed by atoms with Gasteiger partial charge in [0.2, 0.25) is 11.0 Å². The summed E-state index contributed by atoms with van der Waals surface area (Å²) in [6, 6.07) is 11.7. The maximum absolute atomic E-state index is 12.9. The van der Waals surface area contributed by atoms with Crippen molar-refractivity contribution in [2.24, 2.45) is 0 Å². The number of thioether (sulfide) groups is 1. The quantitative estimate of drug-likeness (QED) is 0.436. The first-order valence-corrected chi connectivity index (χ1v) is 10.1. The lowest BCUT2D eigenvalue weighted by atomic mass is 10.1. The first kappa shape index (κ1) is 20.1. The van der Waals surface area contributed by atoms with Crippen molar-refractivity contribution >= 4 is 34.1 Å². The topological polar surface area (TPSA) is 73.3 Å². The highest BCUT2D eigenvalue weighted by Gasteiger charge is 2.12. The summed E-state index contributed by atoms with van der Waals surface area (Å²) < 4.78 is 24.1. The molecule has 0 radical (unpaired) electrons. The summed E-state index contributed by atoms with van der Waals surface area (Å²) in [5.74, 6) is 1.37. The SMILES string of the molecule is COc1ccc(CC(=O)Nc2nnc(SCc3ccc(F)cc3)s2)cc1OC. The average Bonchev–Trinajstić information content (AvgIpc) is 3.14. The second kappa shape index (κ2) is 9.52. The maximum Gasteiger partial charge on any atom is 0.230 e. The Morgan fingerprint density at radius 3 is 2.50 bits per heavy atom. The number of nitrogens with one attached hydrogen (secondary N) is 1. The number of hydrogen-bond donors (Lipinski definition) is 1. The minimum absolute atomic E-state index is 0.179. The molecule has 1 amide bonds. The van der Waals surface area contributed by atoms with Gasteiger partial charge in [-0.15, -0.1) is 10.2 Å². The first-order chi connectivity index (χ1) is 13.6. The van der Waals surface area contributed by atoms with Crippen LogP contribution < -0.4 is 14.8 Å². The maximum atomic E-state index is 12.9. The van der Waals surface area contributed by atoms with Crippen molar-refractivity contribution in [1.82, 2.24) is 10.2 Å². The van der Waals surface area contributed by atoms with Gasteiger partial charge in [0.15, 0.2) is 15.8 Å². The molecule has 0 unspecified atom stereocenters. The first-order valence-electron chi connectivity index (χ1n) is 8.29. The van der Waals surface area contributed by atoms with Gasteiger partial charge >= 0.3 is 0 Å². The predicted molar refractivity (Wildman–Crippen MR) is 108 cm³/mol. The Labute approximate surface area is 170 Å². The van der Waals surface area contributed by atoms with E-state index in [0.29, 0.717) is 22.4 Å². The van der Waals surface area contributed by atoms with Crippen LogP contribution in [0.15, 0.2) is 46.8 Å². The highest BCUT2D eigenvalue weighted by Crippen LogP contribution is 2.29. The third kappa shape index (κ3) is 5.43. The van der Waals surface area contributed by atoms with Gasteiger partial charge in [0.1, 0.15) is 5.82 Å². The number of benzene rings is 2. The summed E-state index contributed by atoms with van der Waals surface area (Å²) in [6.45, 7) is 0. The van der Waals surface area contributed by atoms with Crippen molar-refractivity contribution in [1.29, 1.82) is 0 Å². The zero-order valence-corrected chi connectivity index (χ0v) is 16.9. The summed E-state index contributed by atoms with van der Waals surface area (Å²) in [6.07, 6.45) is 0.179. The molecular weight excluding hydrogens is 401 g/mol. The standard InChI is InChI=1S/C19H18FN3O3S2/c1-25-15-8-5-13(9-16(15)26-2)10-17(24)21-18-22-23-19(28-18)27-11-12-3-6-14(20)7-4-12/h3-9H,10-11H2,1-2H3,(H,21,22,24). The highest BCUT2D eigenvalue weighted by atomic mass is 32.2. The van der Waals surface area contributed by atoms with Crippen molar-refractivity contribution < 1.29 is 18.7 Å². The van der Waals surface area contributed by atoms with Crippen LogP contribution in [0.4, 0.5) is 9.52 Å². The van der Waals surface area contributed by atoms with Gasteiger partial charge in [-0.2, -0.15) is 0 Å². The molecule has 0 saturated heterocycles. The molecule has 0 fully saturated rings. The van der Waals surface area contributed by atoms with Gasteiger partial charge in [-0.1, -0.05) is 41.3 Å². The van der Waals surface area contributed by atoms with Crippen molar-refractivity contribution in [3.8, 4) is 11.5 Å². The van der Waals surface area contributed by atoms with Crippen LogP contribution in [0.25, 0.3) is 0 Å². The van der Waals surface area contributed by atoms with Gasteiger partial charge < -0.3 is 14.8 Å². The van der Waals surface area contributed by atoms with E-state index < -0.39 is 0 Å². The van der Waals surface area contributed by atoms with Crippen LogP contribution in [0.2, 0.25) is 0 Å². The number of amides is 1. The van der Waals surface area contributed by atoms with Crippen LogP contribution in [-0.4, -0.2) is 30.3 Å². The van der Waals surface area contributed by atoms with Crippen molar-refractivity contribution in [3.05, 3.63) is 59.4 Å². The fraction of sp³-hybridized carbons (Fsp3) is 0.211. The molecule has 0 aliphatic heterocycles. The molecule has 1 aromatic heterocycles. The zero-order valence-electron chi connectivity index (χ0n) is 15.3. The van der Waals surface area contributed by atoms with Gasteiger partial charge in [0.05, 0.1) is 20.6 Å². The summed E-state index contributed by atoms with van der Waals surface area (Å²) in [5, 5.41) is 11.3. The third-order valence-corrected chi connectivity index (χ3v) is 5.78. The molecule has 9 heteroatoms. The summed E-state index contributed by atoms with van der Waals surface area (Å²) in [7, 11) is 3.11. The van der Waals surface area contributed by atoms with E-state index >= 15 is 0 Å². The monoisotopic (exact) mass is 419 g/mol. The number of carbonyl (C=O) groups excluding carboxylic acids is 1. The van der Waals surface area contributed by atoms with E-state index in [2.05, 4.69) is 15.5 Å². The van der Waals surface area contributed by atoms with Crippen LogP contribution in [0, 0.1) is 5.82 Å². The average molecular weight is 420 g/mol. The molecule has 2 aromatic carbocycles. The molecule has 0 saturated carbocycles. The lowest BCUT2D eigenvalue weighted by molar-refractivity contribution is -0.115. The van der Waals surface area contributed by atoms with Crippen molar-refractivity contribution in [2.75, 3.05) is 19.5 Å². The molecule has 28 heavy (non-hydrogen) atoms. The Hall–Kier alpha value is -2.65. The Morgan fingerprint density at radius 2 is 1.79 bits per heavy atom. The number of rotatable bonds is 8. The molecule has 0 aliphatic carbocycles. The largest absolute Gasteiger partial charge is 0.493 e. The van der Waals surface area contributed by atoms with E-state index in [1.54, 1.807) is 38.5 Å². The lowest BCUT2D eigenvalue weighted by Crippen LogP contribution is -2.14. The highest BCUT2D eigenvalue weighted by molar-refractivity contribution is 8.00. The minimum atomic E-state index is -0.260. The molecule has 3 aromatic rings. The summed E-state index contributed by atoms with van der Waals surface area (Å²) in [5.41, 5.74) is 1.78. The molecule has 1 heterocycles. The number of carbonyl (C=O) groups is 1. The fourth-order valence-corrected chi connectivity index (χ4v) is 4.11. The summed E-state index contributed by atoms with van der Waals surface area (Å²) >= 11 is 2.78. The Bertz CT molecular complexity index is 948. The second-order valence-electron chi connectivity index (χ2n) is 5.70. The van der Waals surface area contributed by atoms with E-state index in [1.807, 2.05) is 6.07 Å². The van der Waals surface area contributed by atoms with Gasteiger partial charge in [-0.05, 0) is 35.4 Å². The van der Waals surface area contributed by atoms with Gasteiger partial charge in [0, 0.05) is 5.75 Å². The number of aromatic nitrogens is 2. The molecule has 6 nitrogen and oxygen atoms in total. The zero-order chi connectivity index (χ0) is 19.9. The van der Waals surface area contributed by atoms with E-state index in [1.165, 1.54) is 35.2 Å². The normalized spacial score (nSPS) is 10.5. The predicted octanol–water partition coefficient (Wildman–Crippen LogP) is 4.17. The smallest absolute Gasteiger partial charge is 0.230 e. The number of ether oxygens (including phenoxy) is 2. The van der Waals surface area contributed by atoms with E-state index in [4.69, 9.17) is 9.47 Å². The van der Waals surface area contributed by atoms with E-state index in [0.717, 1.165) is 15.5 Å². The number of halogens is 1. The van der Waals surface area contributed by atoms with E-state index in [9.17, 15) is 9.18 Å². The van der Waals surface area contributed by atoms with Crippen molar-refractivity contribution in [2.45, 2.75) is 16.5 Å². The Kier molecular flexibility index (Phi) is 6.83. The molecule has 3 rings (SSSR count). The van der Waals surface area contributed by atoms with Crippen LogP contribution in [0.5, 0.6) is 11.5 Å². The number of methoxy groups -OCH3 is 2. The van der Waals surface area contributed by atoms with Gasteiger partial charge in [-0.25, -0.2) is 4.39 Å². The molecule has 0 bridgehead atoms. The Morgan fingerprint density at radius 1 is 1.07 bits per heavy atom. The van der Waals surface area contributed by atoms with Gasteiger partial charge in [0.25, 0.3) is 0 Å². The molecular formula is C19H18FN3O3S2. The number of nitrogens with zero attached hydrogens (tertiary/aromatic N) is 2. The Balaban J connectivity index is 1.54. The van der Waals surface area contributed by atoms with E-state index in [-0.39, 0.29) is 18.1 Å². The molecule has 1 N–H and O–H groups in total. The number of anilines is 1. The fourth-order valence-electron chi connectivity index (χ4n) is 2.38. The minimum Gasteiger partial charge on any atom is -0.493 e. The summed E-state index contributed by atoms with van der Waals surface area (Å²) in [4.78, 5) is 12.3. The van der Waals surface area contributed by atoms with Crippen LogP contribution in [-0.2, 0) is 17.0 Å². The lowest BCUT2D eigenvalue weighted by Gasteiger charge is -2.09. The van der Waals surface area contributed by atoms with Gasteiger partial charge in [-0.3, -0.25) is 4.79 Å². The van der Waals surface area contributed by atoms with Crippen molar-refractivity contribution in [3.63, 3.8) is 0 Å².